The average molecular weight is 256 g/mol. The van der Waals surface area contributed by atoms with Gasteiger partial charge >= 0.3 is 0 Å². The van der Waals surface area contributed by atoms with E-state index in [1.165, 1.54) is 6.07 Å². The van der Waals surface area contributed by atoms with Gasteiger partial charge in [0.05, 0.1) is 0 Å². The Morgan fingerprint density at radius 3 is 2.35 bits per heavy atom. The Bertz CT molecular complexity index is 382. The van der Waals surface area contributed by atoms with E-state index < -0.39 is 11.2 Å². The van der Waals surface area contributed by atoms with E-state index in [-0.39, 0.29) is 17.2 Å². The van der Waals surface area contributed by atoms with E-state index in [9.17, 15) is 8.94 Å². The maximum Gasteiger partial charge on any atom is 0.158 e. The average Bonchev–Trinajstić information content (AvgIpc) is 2.19. The van der Waals surface area contributed by atoms with Crippen molar-refractivity contribution in [1.82, 2.24) is 0 Å². The van der Waals surface area contributed by atoms with Crippen molar-refractivity contribution in [3.63, 3.8) is 0 Å². The van der Waals surface area contributed by atoms with E-state index in [1.807, 2.05) is 6.92 Å². The molecule has 1 nitrogen and oxygen atoms in total. The van der Waals surface area contributed by atoms with Gasteiger partial charge in [0, 0.05) is 5.56 Å². The molecule has 0 aliphatic heterocycles. The van der Waals surface area contributed by atoms with E-state index in [1.54, 1.807) is 18.4 Å². The number of hydrogen-bond acceptors (Lipinski definition) is 1. The molecule has 0 aromatic heterocycles. The molecule has 2 atom stereocenters. The van der Waals surface area contributed by atoms with Crippen molar-refractivity contribution in [3.8, 4) is 0 Å². The summed E-state index contributed by atoms with van der Waals surface area (Å²) in [5, 5.41) is 0. The van der Waals surface area contributed by atoms with Gasteiger partial charge in [-0.3, -0.25) is 0 Å². The van der Waals surface area contributed by atoms with Crippen LogP contribution in [0.25, 0.3) is 0 Å². The van der Waals surface area contributed by atoms with Crippen LogP contribution in [-0.2, 0) is 11.2 Å². The van der Waals surface area contributed by atoms with Crippen LogP contribution in [0.1, 0.15) is 45.6 Å². The van der Waals surface area contributed by atoms with Gasteiger partial charge in [0.1, 0.15) is 12.1 Å². The number of rotatable bonds is 3. The van der Waals surface area contributed by atoms with Gasteiger partial charge in [0.15, 0.2) is 4.90 Å². The highest BCUT2D eigenvalue weighted by atomic mass is 32.2. The Balaban J connectivity index is 3.37. The second-order valence-electron chi connectivity index (χ2n) is 5.43. The summed E-state index contributed by atoms with van der Waals surface area (Å²) in [6, 6.07) is 4.86. The smallest absolute Gasteiger partial charge is 0.158 e. The van der Waals surface area contributed by atoms with Gasteiger partial charge in [-0.15, -0.1) is 0 Å². The molecule has 0 saturated heterocycles. The molecule has 1 aromatic rings. The molecule has 3 heteroatoms. The van der Waals surface area contributed by atoms with Crippen molar-refractivity contribution < 1.29 is 8.94 Å². The molecule has 0 aliphatic carbocycles. The summed E-state index contributed by atoms with van der Waals surface area (Å²) in [6.45, 7) is 8.33. The molecular weight excluding hydrogens is 235 g/mol. The highest BCUT2D eigenvalue weighted by Crippen LogP contribution is 2.41. The fourth-order valence-corrected chi connectivity index (χ4v) is 3.18. The van der Waals surface area contributed by atoms with Gasteiger partial charge in [-0.25, -0.2) is 4.39 Å². The number of hydrogen-bond donors (Lipinski definition) is 0. The zero-order valence-corrected chi connectivity index (χ0v) is 12.0. The Kier molecular flexibility index (Phi) is 4.62. The molecule has 1 rings (SSSR count). The summed E-state index contributed by atoms with van der Waals surface area (Å²) in [4.78, 5) is 0.631. The molecule has 2 unspecified atom stereocenters. The van der Waals surface area contributed by atoms with Crippen LogP contribution in [0.5, 0.6) is 0 Å². The third kappa shape index (κ3) is 3.23. The SMILES string of the molecule is CCC(c1c(F)cccc1[S+](C)[O-])C(C)(C)C. The van der Waals surface area contributed by atoms with E-state index in [0.29, 0.717) is 10.5 Å². The van der Waals surface area contributed by atoms with Crippen molar-refractivity contribution in [2.45, 2.75) is 44.9 Å². The fourth-order valence-electron chi connectivity index (χ4n) is 2.36. The predicted octanol–water partition coefficient (Wildman–Crippen LogP) is 4.10. The highest BCUT2D eigenvalue weighted by Gasteiger charge is 2.31. The third-order valence-electron chi connectivity index (χ3n) is 3.12. The first-order valence-electron chi connectivity index (χ1n) is 5.90. The first-order chi connectivity index (χ1) is 7.79. The molecule has 0 N–H and O–H groups in total. The quantitative estimate of drug-likeness (QED) is 0.747. The van der Waals surface area contributed by atoms with Crippen LogP contribution in [0.2, 0.25) is 0 Å². The van der Waals surface area contributed by atoms with Gasteiger partial charge in [0.25, 0.3) is 0 Å². The lowest BCUT2D eigenvalue weighted by Gasteiger charge is -2.31. The summed E-state index contributed by atoms with van der Waals surface area (Å²) < 4.78 is 25.8. The molecule has 0 spiro atoms. The molecule has 0 radical (unpaired) electrons. The van der Waals surface area contributed by atoms with Crippen molar-refractivity contribution in [1.29, 1.82) is 0 Å². The maximum absolute atomic E-state index is 14.0. The van der Waals surface area contributed by atoms with Crippen LogP contribution in [0.3, 0.4) is 0 Å². The molecule has 0 fully saturated rings. The molecular formula is C14H21FOS. The van der Waals surface area contributed by atoms with Crippen LogP contribution < -0.4 is 0 Å². The minimum Gasteiger partial charge on any atom is -0.612 e. The summed E-state index contributed by atoms with van der Waals surface area (Å²) in [5.41, 5.74) is 0.591. The Morgan fingerprint density at radius 2 is 1.94 bits per heavy atom. The monoisotopic (exact) mass is 256 g/mol. The Morgan fingerprint density at radius 1 is 1.35 bits per heavy atom. The standard InChI is InChI=1S/C14H21FOS/c1-6-10(14(2,3)4)13-11(15)8-7-9-12(13)17(5)16/h7-10H,6H2,1-5H3. The lowest BCUT2D eigenvalue weighted by atomic mass is 9.75. The molecule has 0 heterocycles. The summed E-state index contributed by atoms with van der Waals surface area (Å²) in [5.74, 6) is -0.151. The van der Waals surface area contributed by atoms with Gasteiger partial charge in [-0.2, -0.15) is 0 Å². The molecule has 0 saturated carbocycles. The zero-order chi connectivity index (χ0) is 13.2. The largest absolute Gasteiger partial charge is 0.612 e. The molecule has 0 bridgehead atoms. The second-order valence-corrected chi connectivity index (χ2v) is 6.78. The van der Waals surface area contributed by atoms with Gasteiger partial charge in [-0.1, -0.05) is 33.8 Å². The van der Waals surface area contributed by atoms with Crippen LogP contribution in [0, 0.1) is 11.2 Å². The van der Waals surface area contributed by atoms with Crippen molar-refractivity contribution in [2.75, 3.05) is 6.26 Å². The first-order valence-corrected chi connectivity index (χ1v) is 7.46. The van der Waals surface area contributed by atoms with Crippen molar-refractivity contribution in [3.05, 3.63) is 29.6 Å². The minimum atomic E-state index is -1.15. The van der Waals surface area contributed by atoms with Crippen LogP contribution in [-0.4, -0.2) is 10.8 Å². The van der Waals surface area contributed by atoms with Crippen LogP contribution in [0.4, 0.5) is 4.39 Å². The summed E-state index contributed by atoms with van der Waals surface area (Å²) in [6.07, 6.45) is 2.45. The second kappa shape index (κ2) is 5.40. The topological polar surface area (TPSA) is 23.1 Å². The number of benzene rings is 1. The van der Waals surface area contributed by atoms with E-state index >= 15 is 0 Å². The molecule has 96 valence electrons. The molecule has 1 aromatic carbocycles. The van der Waals surface area contributed by atoms with Crippen LogP contribution in [0.15, 0.2) is 23.1 Å². The van der Waals surface area contributed by atoms with Crippen molar-refractivity contribution in [2.24, 2.45) is 5.41 Å². The normalized spacial score (nSPS) is 15.7. The first kappa shape index (κ1) is 14.5. The molecule has 0 aliphatic rings. The van der Waals surface area contributed by atoms with Gasteiger partial charge in [0.2, 0.25) is 0 Å². The predicted molar refractivity (Wildman–Crippen MR) is 71.2 cm³/mol. The van der Waals surface area contributed by atoms with E-state index in [4.69, 9.17) is 0 Å². The maximum atomic E-state index is 14.0. The lowest BCUT2D eigenvalue weighted by Crippen LogP contribution is -2.21. The minimum absolute atomic E-state index is 0.0366. The summed E-state index contributed by atoms with van der Waals surface area (Å²) >= 11 is -1.15. The van der Waals surface area contributed by atoms with E-state index in [0.717, 1.165) is 6.42 Å². The molecule has 17 heavy (non-hydrogen) atoms. The number of halogens is 1. The van der Waals surface area contributed by atoms with Crippen molar-refractivity contribution >= 4 is 11.2 Å². The van der Waals surface area contributed by atoms with Gasteiger partial charge in [-0.05, 0) is 41.1 Å². The van der Waals surface area contributed by atoms with E-state index in [2.05, 4.69) is 20.8 Å². The lowest BCUT2D eigenvalue weighted by molar-refractivity contribution is 0.301. The third-order valence-corrected chi connectivity index (χ3v) is 4.10. The highest BCUT2D eigenvalue weighted by molar-refractivity contribution is 7.90. The van der Waals surface area contributed by atoms with Gasteiger partial charge < -0.3 is 4.55 Å². The Labute approximate surface area is 107 Å². The summed E-state index contributed by atoms with van der Waals surface area (Å²) in [7, 11) is 0. The molecule has 0 amide bonds. The van der Waals surface area contributed by atoms with Crippen LogP contribution >= 0.6 is 0 Å². The Hall–Kier alpha value is -0.540. The zero-order valence-electron chi connectivity index (χ0n) is 11.2. The fraction of sp³-hybridized carbons (Fsp3) is 0.571.